The minimum Gasteiger partial charge on any atom is -0.490 e. The number of nitrogens with two attached hydrogens (primary N) is 1. The van der Waals surface area contributed by atoms with Crippen LogP contribution in [-0.2, 0) is 9.53 Å². The van der Waals surface area contributed by atoms with Crippen LogP contribution in [0.25, 0.3) is 0 Å². The second-order valence-electron chi connectivity index (χ2n) is 4.61. The van der Waals surface area contributed by atoms with Crippen LogP contribution in [0, 0.1) is 0 Å². The first-order chi connectivity index (χ1) is 9.97. The second-order valence-corrected chi connectivity index (χ2v) is 4.61. The largest absolute Gasteiger partial charge is 0.490 e. The van der Waals surface area contributed by atoms with E-state index in [9.17, 15) is 9.59 Å². The highest BCUT2D eigenvalue weighted by Crippen LogP contribution is 2.26. The minimum atomic E-state index is -0.468. The zero-order chi connectivity index (χ0) is 15.8. The van der Waals surface area contributed by atoms with Crippen LogP contribution in [0.2, 0.25) is 0 Å². The van der Waals surface area contributed by atoms with Crippen LogP contribution in [0.4, 0.5) is 5.69 Å². The van der Waals surface area contributed by atoms with Crippen LogP contribution in [-0.4, -0.2) is 57.7 Å². The van der Waals surface area contributed by atoms with Crippen molar-refractivity contribution in [1.82, 2.24) is 4.90 Å². The summed E-state index contributed by atoms with van der Waals surface area (Å²) in [5.74, 6) is -0.399. The molecule has 0 aromatic heterocycles. The molecule has 0 saturated heterocycles. The number of nitrogens with zero attached hydrogens (tertiary/aromatic N) is 1. The number of nitrogens with one attached hydrogen (secondary N) is 1. The third-order valence-electron chi connectivity index (χ3n) is 2.66. The van der Waals surface area contributed by atoms with Crippen LogP contribution in [0.1, 0.15) is 10.4 Å². The maximum absolute atomic E-state index is 11.5. The summed E-state index contributed by atoms with van der Waals surface area (Å²) in [6.07, 6.45) is 0. The van der Waals surface area contributed by atoms with Crippen molar-refractivity contribution in [3.8, 4) is 5.75 Å². The number of carbonyl (C=O) groups excluding carboxylic acids is 2. The molecule has 3 N–H and O–H groups in total. The molecule has 116 valence electrons. The Morgan fingerprint density at radius 1 is 1.33 bits per heavy atom. The molecule has 0 fully saturated rings. The lowest BCUT2D eigenvalue weighted by Gasteiger charge is -2.15. The standard InChI is InChI=1S/C14H21N3O4/c1-17(2)6-7-21-12-8-10(14(19)20-3)4-5-11(12)16-13(18)9-15/h4-5,8H,6-7,9,15H2,1-3H3,(H,16,18). The Morgan fingerprint density at radius 3 is 2.62 bits per heavy atom. The zero-order valence-electron chi connectivity index (χ0n) is 12.5. The van der Waals surface area contributed by atoms with Crippen LogP contribution in [0.15, 0.2) is 18.2 Å². The van der Waals surface area contributed by atoms with Crippen molar-refractivity contribution in [2.75, 3.05) is 46.2 Å². The van der Waals surface area contributed by atoms with Crippen molar-refractivity contribution in [2.45, 2.75) is 0 Å². The number of likely N-dealkylation sites (N-methyl/N-ethyl adjacent to an activating group) is 1. The fraction of sp³-hybridized carbons (Fsp3) is 0.429. The normalized spacial score (nSPS) is 10.3. The summed E-state index contributed by atoms with van der Waals surface area (Å²) in [6.45, 7) is 0.992. The molecule has 1 aromatic rings. The minimum absolute atomic E-state index is 0.129. The van der Waals surface area contributed by atoms with E-state index >= 15 is 0 Å². The molecule has 0 aliphatic rings. The number of anilines is 1. The Bertz CT molecular complexity index is 503. The molecule has 1 rings (SSSR count). The quantitative estimate of drug-likeness (QED) is 0.703. The van der Waals surface area contributed by atoms with E-state index in [1.165, 1.54) is 13.2 Å². The summed E-state index contributed by atoms with van der Waals surface area (Å²) in [5.41, 5.74) is 6.10. The van der Waals surface area contributed by atoms with Crippen LogP contribution < -0.4 is 15.8 Å². The zero-order valence-corrected chi connectivity index (χ0v) is 12.5. The van der Waals surface area contributed by atoms with Crippen molar-refractivity contribution in [2.24, 2.45) is 5.73 Å². The molecule has 0 saturated carbocycles. The first kappa shape index (κ1) is 16.9. The third-order valence-corrected chi connectivity index (χ3v) is 2.66. The first-order valence-corrected chi connectivity index (χ1v) is 6.47. The molecule has 0 aliphatic carbocycles. The Kier molecular flexibility index (Phi) is 6.64. The van der Waals surface area contributed by atoms with Gasteiger partial charge in [-0.1, -0.05) is 0 Å². The van der Waals surface area contributed by atoms with Gasteiger partial charge in [-0.25, -0.2) is 4.79 Å². The smallest absolute Gasteiger partial charge is 0.337 e. The summed E-state index contributed by atoms with van der Waals surface area (Å²) in [5, 5.41) is 2.63. The number of hydrogen-bond acceptors (Lipinski definition) is 6. The van der Waals surface area contributed by atoms with Crippen molar-refractivity contribution < 1.29 is 19.1 Å². The SMILES string of the molecule is COC(=O)c1ccc(NC(=O)CN)c(OCCN(C)C)c1. The van der Waals surface area contributed by atoms with Gasteiger partial charge in [-0.15, -0.1) is 0 Å². The van der Waals surface area contributed by atoms with E-state index in [1.54, 1.807) is 12.1 Å². The average molecular weight is 295 g/mol. The molecule has 0 aliphatic heterocycles. The summed E-state index contributed by atoms with van der Waals surface area (Å²) >= 11 is 0. The lowest BCUT2D eigenvalue weighted by molar-refractivity contribution is -0.114. The molecule has 0 radical (unpaired) electrons. The van der Waals surface area contributed by atoms with Gasteiger partial charge in [0.25, 0.3) is 0 Å². The van der Waals surface area contributed by atoms with Gasteiger partial charge in [-0.05, 0) is 32.3 Å². The number of methoxy groups -OCH3 is 1. The van der Waals surface area contributed by atoms with E-state index in [4.69, 9.17) is 10.5 Å². The highest BCUT2D eigenvalue weighted by atomic mass is 16.5. The van der Waals surface area contributed by atoms with Gasteiger partial charge in [-0.3, -0.25) is 4.79 Å². The second kappa shape index (κ2) is 8.23. The fourth-order valence-electron chi connectivity index (χ4n) is 1.53. The highest BCUT2D eigenvalue weighted by molar-refractivity contribution is 5.95. The summed E-state index contributed by atoms with van der Waals surface area (Å²) < 4.78 is 10.3. The van der Waals surface area contributed by atoms with Gasteiger partial charge < -0.3 is 25.4 Å². The van der Waals surface area contributed by atoms with Gasteiger partial charge in [0.15, 0.2) is 0 Å². The summed E-state index contributed by atoms with van der Waals surface area (Å²) in [6, 6.07) is 4.68. The Morgan fingerprint density at radius 2 is 2.05 bits per heavy atom. The molecule has 0 heterocycles. The molecule has 0 atom stereocenters. The fourth-order valence-corrected chi connectivity index (χ4v) is 1.53. The molecule has 1 aromatic carbocycles. The van der Waals surface area contributed by atoms with Gasteiger partial charge in [0.1, 0.15) is 12.4 Å². The van der Waals surface area contributed by atoms with E-state index in [2.05, 4.69) is 10.1 Å². The van der Waals surface area contributed by atoms with Gasteiger partial charge in [0.2, 0.25) is 5.91 Å². The molecule has 0 unspecified atom stereocenters. The molecule has 0 bridgehead atoms. The molecule has 7 heteroatoms. The van der Waals surface area contributed by atoms with Crippen molar-refractivity contribution >= 4 is 17.6 Å². The van der Waals surface area contributed by atoms with Crippen molar-refractivity contribution in [1.29, 1.82) is 0 Å². The van der Waals surface area contributed by atoms with Crippen LogP contribution in [0.5, 0.6) is 5.75 Å². The molecule has 0 spiro atoms. The summed E-state index contributed by atoms with van der Waals surface area (Å²) in [4.78, 5) is 24.9. The van der Waals surface area contributed by atoms with E-state index < -0.39 is 5.97 Å². The number of hydrogen-bond donors (Lipinski definition) is 2. The van der Waals surface area contributed by atoms with E-state index in [1.807, 2.05) is 19.0 Å². The number of esters is 1. The molecule has 21 heavy (non-hydrogen) atoms. The number of rotatable bonds is 7. The lowest BCUT2D eigenvalue weighted by atomic mass is 10.2. The first-order valence-electron chi connectivity index (χ1n) is 6.47. The monoisotopic (exact) mass is 295 g/mol. The molecule has 1 amide bonds. The maximum Gasteiger partial charge on any atom is 0.337 e. The van der Waals surface area contributed by atoms with Crippen LogP contribution in [0.3, 0.4) is 0 Å². The van der Waals surface area contributed by atoms with E-state index in [0.717, 1.165) is 0 Å². The highest BCUT2D eigenvalue weighted by Gasteiger charge is 2.12. The predicted octanol–water partition coefficient (Wildman–Crippen LogP) is 0.311. The van der Waals surface area contributed by atoms with Crippen LogP contribution >= 0.6 is 0 Å². The van der Waals surface area contributed by atoms with Crippen molar-refractivity contribution in [3.05, 3.63) is 23.8 Å². The maximum atomic E-state index is 11.5. The van der Waals surface area contributed by atoms with Gasteiger partial charge in [0.05, 0.1) is 24.9 Å². The number of amides is 1. The third kappa shape index (κ3) is 5.41. The van der Waals surface area contributed by atoms with Gasteiger partial charge in [-0.2, -0.15) is 0 Å². The topological polar surface area (TPSA) is 93.9 Å². The number of carbonyl (C=O) groups is 2. The Balaban J connectivity index is 2.94. The van der Waals surface area contributed by atoms with Gasteiger partial charge in [0, 0.05) is 6.54 Å². The van der Waals surface area contributed by atoms with E-state index in [-0.39, 0.29) is 12.5 Å². The average Bonchev–Trinajstić information content (AvgIpc) is 2.47. The molecular formula is C14H21N3O4. The lowest BCUT2D eigenvalue weighted by Crippen LogP contribution is -2.23. The Hall–Kier alpha value is -2.12. The predicted molar refractivity (Wildman–Crippen MR) is 79.5 cm³/mol. The number of benzene rings is 1. The molecular weight excluding hydrogens is 274 g/mol. The van der Waals surface area contributed by atoms with Gasteiger partial charge >= 0.3 is 5.97 Å². The molecule has 7 nitrogen and oxygen atoms in total. The Labute approximate surface area is 124 Å². The van der Waals surface area contributed by atoms with E-state index in [0.29, 0.717) is 30.2 Å². The number of ether oxygens (including phenoxy) is 2. The van der Waals surface area contributed by atoms with Crippen molar-refractivity contribution in [3.63, 3.8) is 0 Å². The summed E-state index contributed by atoms with van der Waals surface area (Å²) in [7, 11) is 5.15.